The fourth-order valence-corrected chi connectivity index (χ4v) is 8.82. The molecule has 4 aromatic carbocycles. The number of hydrazine groups is 1. The Hall–Kier alpha value is -6.12. The van der Waals surface area contributed by atoms with E-state index in [-0.39, 0.29) is 0 Å². The molecule has 0 aromatic heterocycles. The molecule has 4 aliphatic heterocycles. The lowest BCUT2D eigenvalue weighted by atomic mass is 9.83. The fourth-order valence-electron chi connectivity index (χ4n) is 8.82. The van der Waals surface area contributed by atoms with Gasteiger partial charge in [-0.05, 0) is 98.8 Å². The molecule has 290 valence electrons. The zero-order chi connectivity index (χ0) is 39.4. The lowest BCUT2D eigenvalue weighted by Crippen LogP contribution is -2.50. The second-order valence-electron chi connectivity index (χ2n) is 13.7. The summed E-state index contributed by atoms with van der Waals surface area (Å²) in [5.41, 5.74) is 1.75. The fraction of sp³-hybridized carbons (Fsp3) is 0.333. The predicted molar refractivity (Wildman–Crippen MR) is 203 cm³/mol. The number of fused-ring (bicyclic) bond motifs is 5. The van der Waals surface area contributed by atoms with Crippen LogP contribution in [0.2, 0.25) is 0 Å². The molecule has 0 saturated carbocycles. The average molecular weight is 763 g/mol. The summed E-state index contributed by atoms with van der Waals surface area (Å²) in [6, 6.07) is 19.7. The number of imide groups is 2. The van der Waals surface area contributed by atoms with Gasteiger partial charge in [0.2, 0.25) is 11.8 Å². The van der Waals surface area contributed by atoms with Crippen LogP contribution < -0.4 is 38.2 Å². The molecule has 0 spiro atoms. The molecule has 8 rings (SSSR count). The van der Waals surface area contributed by atoms with E-state index in [1.807, 2.05) is 13.8 Å². The first-order chi connectivity index (χ1) is 27.2. The molecule has 56 heavy (non-hydrogen) atoms. The molecule has 6 atom stereocenters. The van der Waals surface area contributed by atoms with E-state index in [4.69, 9.17) is 28.4 Å². The van der Waals surface area contributed by atoms with Crippen LogP contribution in [0.1, 0.15) is 37.1 Å². The van der Waals surface area contributed by atoms with E-state index in [0.29, 0.717) is 70.2 Å². The monoisotopic (exact) mass is 762 g/mol. The Morgan fingerprint density at radius 3 is 1.12 bits per heavy atom. The Kier molecular flexibility index (Phi) is 9.54. The van der Waals surface area contributed by atoms with Gasteiger partial charge < -0.3 is 28.4 Å². The maximum atomic E-state index is 15.0. The molecule has 0 unspecified atom stereocenters. The number of carbonyl (C=O) groups is 4. The van der Waals surface area contributed by atoms with Crippen molar-refractivity contribution in [3.8, 4) is 34.5 Å². The average Bonchev–Trinajstić information content (AvgIpc) is 3.89. The molecule has 0 aliphatic carbocycles. The molecular formula is C42H42N4O10. The van der Waals surface area contributed by atoms with Crippen molar-refractivity contribution >= 4 is 35.0 Å². The zero-order valence-corrected chi connectivity index (χ0v) is 31.8. The number of methoxy groups -OCH3 is 4. The molecule has 14 nitrogen and oxygen atoms in total. The van der Waals surface area contributed by atoms with E-state index < -0.39 is 59.6 Å². The van der Waals surface area contributed by atoms with Crippen molar-refractivity contribution < 1.29 is 47.6 Å². The van der Waals surface area contributed by atoms with Gasteiger partial charge in [0.25, 0.3) is 11.8 Å². The first-order valence-electron chi connectivity index (χ1n) is 18.4. The molecule has 4 heterocycles. The molecule has 4 saturated heterocycles. The summed E-state index contributed by atoms with van der Waals surface area (Å²) in [6.07, 6.45) is 0. The summed E-state index contributed by atoms with van der Waals surface area (Å²) >= 11 is 0. The largest absolute Gasteiger partial charge is 0.497 e. The normalized spacial score (nSPS) is 24.3. The highest BCUT2D eigenvalue weighted by molar-refractivity contribution is 6.26. The Morgan fingerprint density at radius 2 is 0.804 bits per heavy atom. The van der Waals surface area contributed by atoms with Crippen LogP contribution in [-0.4, -0.2) is 87.4 Å². The van der Waals surface area contributed by atoms with Gasteiger partial charge in [0, 0.05) is 11.1 Å². The topological polar surface area (TPSA) is 137 Å². The van der Waals surface area contributed by atoms with Gasteiger partial charge >= 0.3 is 0 Å². The van der Waals surface area contributed by atoms with Gasteiger partial charge in [-0.15, -0.1) is 0 Å². The molecule has 14 heteroatoms. The Morgan fingerprint density at radius 1 is 0.446 bits per heavy atom. The van der Waals surface area contributed by atoms with E-state index in [0.717, 1.165) is 0 Å². The van der Waals surface area contributed by atoms with Crippen molar-refractivity contribution in [2.24, 2.45) is 11.8 Å². The van der Waals surface area contributed by atoms with Gasteiger partial charge in [-0.3, -0.25) is 19.2 Å². The van der Waals surface area contributed by atoms with Crippen molar-refractivity contribution in [1.82, 2.24) is 10.0 Å². The molecule has 4 aliphatic rings. The first-order valence-corrected chi connectivity index (χ1v) is 18.4. The van der Waals surface area contributed by atoms with Crippen LogP contribution in [-0.2, 0) is 19.2 Å². The SMILES string of the molecule is CCOc1ccc(N2C(=O)[C@@H]3[C@H](C2=O)N2[C@H](c4cc(OC)ccc4OC)[C@@H]4C(=O)N(c5ccc(OCC)cc5)C(=O)[C@@H]4N2[C@H]3c2cc(OC)ccc2OC)cc1. The quantitative estimate of drug-likeness (QED) is 0.181. The summed E-state index contributed by atoms with van der Waals surface area (Å²) in [4.78, 5) is 62.4. The van der Waals surface area contributed by atoms with Crippen LogP contribution in [0.5, 0.6) is 34.5 Å². The molecular weight excluding hydrogens is 720 g/mol. The second-order valence-corrected chi connectivity index (χ2v) is 13.7. The highest BCUT2D eigenvalue weighted by atomic mass is 16.5. The van der Waals surface area contributed by atoms with Gasteiger partial charge in [0.15, 0.2) is 0 Å². The molecule has 0 bridgehead atoms. The predicted octanol–water partition coefficient (Wildman–Crippen LogP) is 4.96. The van der Waals surface area contributed by atoms with Crippen LogP contribution >= 0.6 is 0 Å². The van der Waals surface area contributed by atoms with Crippen molar-refractivity contribution in [2.75, 3.05) is 51.5 Å². The smallest absolute Gasteiger partial charge is 0.253 e. The van der Waals surface area contributed by atoms with Gasteiger partial charge in [0.1, 0.15) is 46.6 Å². The minimum absolute atomic E-state index is 0.365. The second kappa shape index (κ2) is 14.5. The maximum Gasteiger partial charge on any atom is 0.253 e. The Bertz CT molecular complexity index is 2040. The highest BCUT2D eigenvalue weighted by Crippen LogP contribution is 2.61. The number of carbonyl (C=O) groups excluding carboxylic acids is 4. The highest BCUT2D eigenvalue weighted by Gasteiger charge is 2.74. The summed E-state index contributed by atoms with van der Waals surface area (Å²) < 4.78 is 34.3. The van der Waals surface area contributed by atoms with E-state index in [1.54, 1.807) is 94.9 Å². The standard InChI is InChI=1S/C42H42N4O10/c1-7-55-25-13-9-23(10-14-25)43-39(47)33-35(29-21-27(51-3)17-19-31(29)53-5)46-38-34(40(48)44(42(38)50)24-11-15-26(16-12-24)56-8-2)36(45(46)37(33)41(43)49)30-22-28(52-4)18-20-32(30)54-6/h9-22,33-38H,7-8H2,1-6H3/t33-,34-,35-,36+,37+,38+/m0/s1. The lowest BCUT2D eigenvalue weighted by Gasteiger charge is -2.36. The zero-order valence-electron chi connectivity index (χ0n) is 31.8. The third-order valence-corrected chi connectivity index (χ3v) is 11.0. The summed E-state index contributed by atoms with van der Waals surface area (Å²) in [6.45, 7) is 4.64. The number of ether oxygens (including phenoxy) is 6. The van der Waals surface area contributed by atoms with Gasteiger partial charge in [-0.2, -0.15) is 0 Å². The number of rotatable bonds is 12. The number of anilines is 2. The van der Waals surface area contributed by atoms with Crippen molar-refractivity contribution in [1.29, 1.82) is 0 Å². The minimum atomic E-state index is -1.14. The third-order valence-electron chi connectivity index (χ3n) is 11.0. The number of amides is 4. The van der Waals surface area contributed by atoms with E-state index >= 15 is 9.59 Å². The Balaban J connectivity index is 1.35. The number of nitrogens with zero attached hydrogens (tertiary/aromatic N) is 4. The van der Waals surface area contributed by atoms with Crippen molar-refractivity contribution in [2.45, 2.75) is 38.0 Å². The van der Waals surface area contributed by atoms with E-state index in [2.05, 4.69) is 0 Å². The number of hydrogen-bond acceptors (Lipinski definition) is 12. The summed E-state index contributed by atoms with van der Waals surface area (Å²) in [7, 11) is 6.08. The molecule has 0 N–H and O–H groups in total. The third kappa shape index (κ3) is 5.54. The van der Waals surface area contributed by atoms with E-state index in [1.165, 1.54) is 38.2 Å². The van der Waals surface area contributed by atoms with Crippen LogP contribution in [0.25, 0.3) is 0 Å². The van der Waals surface area contributed by atoms with Gasteiger partial charge in [0.05, 0.1) is 76.9 Å². The maximum absolute atomic E-state index is 15.0. The van der Waals surface area contributed by atoms with Crippen LogP contribution in [0.3, 0.4) is 0 Å². The molecule has 0 radical (unpaired) electrons. The van der Waals surface area contributed by atoms with Crippen molar-refractivity contribution in [3.05, 3.63) is 96.1 Å². The molecule has 4 amide bonds. The van der Waals surface area contributed by atoms with E-state index in [9.17, 15) is 9.59 Å². The van der Waals surface area contributed by atoms with Crippen molar-refractivity contribution in [3.63, 3.8) is 0 Å². The minimum Gasteiger partial charge on any atom is -0.497 e. The van der Waals surface area contributed by atoms with Crippen LogP contribution in [0.4, 0.5) is 11.4 Å². The summed E-state index contributed by atoms with van der Waals surface area (Å²) in [5.74, 6) is -1.09. The Labute approximate surface area is 323 Å². The van der Waals surface area contributed by atoms with Gasteiger partial charge in [-0.1, -0.05) is 0 Å². The van der Waals surface area contributed by atoms with Crippen LogP contribution in [0, 0.1) is 11.8 Å². The molecule has 4 fully saturated rings. The number of benzene rings is 4. The number of hydrogen-bond donors (Lipinski definition) is 0. The van der Waals surface area contributed by atoms with Crippen LogP contribution in [0.15, 0.2) is 84.9 Å². The lowest BCUT2D eigenvalue weighted by molar-refractivity contribution is -0.136. The van der Waals surface area contributed by atoms with Gasteiger partial charge in [-0.25, -0.2) is 19.8 Å². The first kappa shape index (κ1) is 36.8. The summed E-state index contributed by atoms with van der Waals surface area (Å²) in [5, 5.41) is 3.53. The molecule has 4 aromatic rings.